The Hall–Kier alpha value is -1.16. The van der Waals surface area contributed by atoms with Crippen LogP contribution in [0.15, 0.2) is 18.2 Å². The lowest BCUT2D eigenvalue weighted by Gasteiger charge is -2.55. The molecule has 1 aromatic carbocycles. The van der Waals surface area contributed by atoms with E-state index in [1.165, 1.54) is 6.07 Å². The van der Waals surface area contributed by atoms with Crippen molar-refractivity contribution in [2.75, 3.05) is 11.9 Å². The smallest absolute Gasteiger partial charge is 0.181 e. The highest BCUT2D eigenvalue weighted by molar-refractivity contribution is 5.47. The Morgan fingerprint density at radius 2 is 2.11 bits per heavy atom. The highest BCUT2D eigenvalue weighted by Gasteiger charge is 2.59. The van der Waals surface area contributed by atoms with Crippen molar-refractivity contribution in [2.24, 2.45) is 11.3 Å². The molecule has 0 bridgehead atoms. The van der Waals surface area contributed by atoms with Gasteiger partial charge >= 0.3 is 0 Å². The Morgan fingerprint density at radius 3 is 2.89 bits per heavy atom. The molecule has 98 valence electrons. The normalized spacial score (nSPS) is 32.8. The number of anilines is 1. The number of fused-ring (bicyclic) bond motifs is 1. The predicted octanol–water partition coefficient (Wildman–Crippen LogP) is 3.19. The second-order valence-electron chi connectivity index (χ2n) is 5.79. The summed E-state index contributed by atoms with van der Waals surface area (Å²) in [4.78, 5) is 0. The van der Waals surface area contributed by atoms with Crippen LogP contribution in [-0.4, -0.2) is 18.8 Å². The Kier molecular flexibility index (Phi) is 2.59. The first kappa shape index (κ1) is 11.9. The van der Waals surface area contributed by atoms with Gasteiger partial charge in [0.05, 0.1) is 11.8 Å². The number of nitrogens with one attached hydrogen (secondary N) is 1. The Balaban J connectivity index is 1.83. The third-order valence-electron chi connectivity index (χ3n) is 4.36. The summed E-state index contributed by atoms with van der Waals surface area (Å²) in [6.07, 6.45) is 1.23. The Bertz CT molecular complexity index is 475. The van der Waals surface area contributed by atoms with Crippen molar-refractivity contribution in [3.63, 3.8) is 0 Å². The molecule has 1 heterocycles. The van der Waals surface area contributed by atoms with E-state index in [9.17, 15) is 8.78 Å². The summed E-state index contributed by atoms with van der Waals surface area (Å²) < 4.78 is 32.5. The van der Waals surface area contributed by atoms with Crippen LogP contribution in [0.1, 0.15) is 20.3 Å². The molecule has 1 aliphatic heterocycles. The zero-order chi connectivity index (χ0) is 12.9. The molecule has 2 aliphatic rings. The number of ether oxygens (including phenoxy) is 1. The van der Waals surface area contributed by atoms with Gasteiger partial charge in [0.25, 0.3) is 0 Å². The fraction of sp³-hybridized carbons (Fsp3) is 0.571. The summed E-state index contributed by atoms with van der Waals surface area (Å²) in [5, 5.41) is 3.15. The molecule has 18 heavy (non-hydrogen) atoms. The van der Waals surface area contributed by atoms with E-state index in [0.717, 1.165) is 19.1 Å². The van der Waals surface area contributed by atoms with Crippen LogP contribution in [0.4, 0.5) is 14.5 Å². The zero-order valence-electron chi connectivity index (χ0n) is 10.5. The standard InChI is InChI=1S/C14H17F2NO/c1-14(2)12(8-6-7-18-13(8)14)17-10-5-3-4-9(15)11(10)16/h3-5,8,12-13,17H,6-7H2,1-2H3. The minimum atomic E-state index is -0.809. The SMILES string of the molecule is CC1(C)C(Nc2cccc(F)c2F)C2CCOC21. The van der Waals surface area contributed by atoms with Crippen molar-refractivity contribution in [3.8, 4) is 0 Å². The largest absolute Gasteiger partial charge is 0.379 e. The van der Waals surface area contributed by atoms with Crippen molar-refractivity contribution in [3.05, 3.63) is 29.8 Å². The summed E-state index contributed by atoms with van der Waals surface area (Å²) in [5.74, 6) is -1.20. The number of hydrogen-bond donors (Lipinski definition) is 1. The molecule has 1 aromatic rings. The van der Waals surface area contributed by atoms with E-state index in [4.69, 9.17) is 4.74 Å². The first-order chi connectivity index (χ1) is 8.51. The predicted molar refractivity (Wildman–Crippen MR) is 65.4 cm³/mol. The van der Waals surface area contributed by atoms with E-state index >= 15 is 0 Å². The Labute approximate surface area is 105 Å². The second kappa shape index (κ2) is 3.92. The second-order valence-corrected chi connectivity index (χ2v) is 5.79. The first-order valence-corrected chi connectivity index (χ1v) is 6.34. The van der Waals surface area contributed by atoms with E-state index < -0.39 is 11.6 Å². The average molecular weight is 253 g/mol. The molecule has 1 saturated heterocycles. The number of halogens is 2. The van der Waals surface area contributed by atoms with E-state index in [1.807, 2.05) is 0 Å². The summed E-state index contributed by atoms with van der Waals surface area (Å²) >= 11 is 0. The molecule has 0 spiro atoms. The molecule has 3 unspecified atom stereocenters. The van der Waals surface area contributed by atoms with Crippen molar-refractivity contribution in [1.29, 1.82) is 0 Å². The van der Waals surface area contributed by atoms with E-state index in [0.29, 0.717) is 5.92 Å². The summed E-state index contributed by atoms with van der Waals surface area (Å²) in [6.45, 7) is 4.98. The van der Waals surface area contributed by atoms with Gasteiger partial charge in [0.1, 0.15) is 0 Å². The lowest BCUT2D eigenvalue weighted by molar-refractivity contribution is -0.0923. The number of rotatable bonds is 2. The van der Waals surface area contributed by atoms with Crippen LogP contribution in [0.3, 0.4) is 0 Å². The monoisotopic (exact) mass is 253 g/mol. The van der Waals surface area contributed by atoms with Gasteiger partial charge in [-0.25, -0.2) is 8.78 Å². The van der Waals surface area contributed by atoms with Crippen molar-refractivity contribution >= 4 is 5.69 Å². The highest BCUT2D eigenvalue weighted by atomic mass is 19.2. The molecular weight excluding hydrogens is 236 g/mol. The average Bonchev–Trinajstić information content (AvgIpc) is 2.77. The molecule has 0 amide bonds. The van der Waals surface area contributed by atoms with Crippen LogP contribution in [-0.2, 0) is 4.74 Å². The van der Waals surface area contributed by atoms with Crippen molar-refractivity contribution in [2.45, 2.75) is 32.4 Å². The van der Waals surface area contributed by atoms with Crippen LogP contribution in [0, 0.1) is 23.0 Å². The third kappa shape index (κ3) is 1.55. The molecule has 4 heteroatoms. The van der Waals surface area contributed by atoms with Crippen molar-refractivity contribution < 1.29 is 13.5 Å². The minimum absolute atomic E-state index is 0.0417. The van der Waals surface area contributed by atoms with Gasteiger partial charge in [-0.05, 0) is 18.6 Å². The molecule has 1 saturated carbocycles. The molecule has 0 radical (unpaired) electrons. The van der Waals surface area contributed by atoms with Crippen LogP contribution >= 0.6 is 0 Å². The van der Waals surface area contributed by atoms with Gasteiger partial charge in [-0.2, -0.15) is 0 Å². The van der Waals surface area contributed by atoms with Crippen LogP contribution in [0.5, 0.6) is 0 Å². The maximum Gasteiger partial charge on any atom is 0.181 e. The zero-order valence-corrected chi connectivity index (χ0v) is 10.5. The maximum absolute atomic E-state index is 13.6. The summed E-state index contributed by atoms with van der Waals surface area (Å²) in [5.41, 5.74) is 0.207. The molecule has 1 N–H and O–H groups in total. The van der Waals surface area contributed by atoms with Crippen LogP contribution in [0.25, 0.3) is 0 Å². The third-order valence-corrected chi connectivity index (χ3v) is 4.36. The van der Waals surface area contributed by atoms with Gasteiger partial charge in [-0.3, -0.25) is 0 Å². The van der Waals surface area contributed by atoms with Gasteiger partial charge in [0.2, 0.25) is 0 Å². The van der Waals surface area contributed by atoms with Gasteiger partial charge in [0, 0.05) is 24.0 Å². The quantitative estimate of drug-likeness (QED) is 0.874. The molecule has 3 rings (SSSR count). The van der Waals surface area contributed by atoms with E-state index in [2.05, 4.69) is 19.2 Å². The lowest BCUT2D eigenvalue weighted by Crippen LogP contribution is -2.63. The van der Waals surface area contributed by atoms with Gasteiger partial charge < -0.3 is 10.1 Å². The topological polar surface area (TPSA) is 21.3 Å². The van der Waals surface area contributed by atoms with Gasteiger partial charge in [-0.1, -0.05) is 19.9 Å². The van der Waals surface area contributed by atoms with Gasteiger partial charge in [-0.15, -0.1) is 0 Å². The van der Waals surface area contributed by atoms with E-state index in [1.54, 1.807) is 6.07 Å². The highest BCUT2D eigenvalue weighted by Crippen LogP contribution is 2.53. The summed E-state index contributed by atoms with van der Waals surface area (Å²) in [7, 11) is 0. The fourth-order valence-corrected chi connectivity index (χ4v) is 3.40. The molecule has 1 aliphatic carbocycles. The van der Waals surface area contributed by atoms with Gasteiger partial charge in [0.15, 0.2) is 11.6 Å². The molecule has 2 nitrogen and oxygen atoms in total. The van der Waals surface area contributed by atoms with E-state index in [-0.39, 0.29) is 23.2 Å². The lowest BCUT2D eigenvalue weighted by atomic mass is 9.57. The minimum Gasteiger partial charge on any atom is -0.379 e. The van der Waals surface area contributed by atoms with Crippen LogP contribution < -0.4 is 5.32 Å². The molecule has 0 aromatic heterocycles. The Morgan fingerprint density at radius 1 is 1.33 bits per heavy atom. The summed E-state index contributed by atoms with van der Waals surface area (Å²) in [6, 6.07) is 4.38. The number of benzene rings is 1. The molecule has 2 fully saturated rings. The van der Waals surface area contributed by atoms with Crippen molar-refractivity contribution in [1.82, 2.24) is 0 Å². The van der Waals surface area contributed by atoms with Crippen LogP contribution in [0.2, 0.25) is 0 Å². The molecular formula is C14H17F2NO. The fourth-order valence-electron chi connectivity index (χ4n) is 3.40. The first-order valence-electron chi connectivity index (χ1n) is 6.34. The molecule has 3 atom stereocenters. The maximum atomic E-state index is 13.6. The number of hydrogen-bond acceptors (Lipinski definition) is 2.